The first-order valence-electron chi connectivity index (χ1n) is 13.7. The van der Waals surface area contributed by atoms with Crippen molar-refractivity contribution in [3.63, 3.8) is 0 Å². The molecule has 0 aromatic heterocycles. The van der Waals surface area contributed by atoms with Crippen LogP contribution >= 0.6 is 0 Å². The summed E-state index contributed by atoms with van der Waals surface area (Å²) in [6.45, 7) is 1.09. The zero-order chi connectivity index (χ0) is 30.4. The fourth-order valence-electron chi connectivity index (χ4n) is 4.74. The number of carboxylic acids is 1. The highest BCUT2D eigenvalue weighted by Crippen LogP contribution is 2.21. The van der Waals surface area contributed by atoms with E-state index in [1.165, 1.54) is 0 Å². The third kappa shape index (κ3) is 11.5. The van der Waals surface area contributed by atoms with E-state index in [1.807, 2.05) is 0 Å². The number of nitrogens with two attached hydrogens (primary N) is 4. The van der Waals surface area contributed by atoms with Gasteiger partial charge in [0.15, 0.2) is 11.9 Å². The third-order valence-electron chi connectivity index (χ3n) is 6.78. The van der Waals surface area contributed by atoms with Crippen molar-refractivity contribution in [2.24, 2.45) is 32.9 Å². The molecule has 0 aliphatic carbocycles. The largest absolute Gasteiger partial charge is 0.480 e. The number of nitrogens with one attached hydrogen (secondary N) is 4. The first kappa shape index (κ1) is 33.1. The summed E-state index contributed by atoms with van der Waals surface area (Å²) in [6.07, 6.45) is 3.61. The monoisotopic (exact) mass is 581 g/mol. The molecule has 2 heterocycles. The molecule has 17 nitrogen and oxygen atoms in total. The minimum absolute atomic E-state index is 0.0717. The van der Waals surface area contributed by atoms with Gasteiger partial charge in [0.2, 0.25) is 23.6 Å². The predicted octanol–water partition coefficient (Wildman–Crippen LogP) is -3.99. The van der Waals surface area contributed by atoms with Crippen molar-refractivity contribution in [1.29, 1.82) is 0 Å². The molecule has 2 fully saturated rings. The van der Waals surface area contributed by atoms with Crippen molar-refractivity contribution in [3.8, 4) is 0 Å². The Morgan fingerprint density at radius 3 is 2.10 bits per heavy atom. The highest BCUT2D eigenvalue weighted by molar-refractivity contribution is 5.94. The predicted molar refractivity (Wildman–Crippen MR) is 150 cm³/mol. The molecule has 2 saturated heterocycles. The Kier molecular flexibility index (Phi) is 13.6. The Hall–Kier alpha value is -4.15. The van der Waals surface area contributed by atoms with E-state index in [4.69, 9.17) is 22.9 Å². The number of aliphatic imine (C=N–C) groups is 2. The molecule has 2 aliphatic heterocycles. The summed E-state index contributed by atoms with van der Waals surface area (Å²) in [5, 5.41) is 20.0. The van der Waals surface area contributed by atoms with Crippen LogP contribution in [0.1, 0.15) is 51.4 Å². The Balaban J connectivity index is 1.97. The van der Waals surface area contributed by atoms with E-state index in [0.717, 1.165) is 13.0 Å². The molecular weight excluding hydrogens is 538 g/mol. The van der Waals surface area contributed by atoms with Crippen molar-refractivity contribution in [2.75, 3.05) is 32.7 Å². The molecule has 17 heteroatoms. The summed E-state index contributed by atoms with van der Waals surface area (Å²) in [5.74, 6) is -3.45. The molecule has 0 aromatic rings. The molecule has 0 radical (unpaired) electrons. The average molecular weight is 582 g/mol. The summed E-state index contributed by atoms with van der Waals surface area (Å²) >= 11 is 0. The van der Waals surface area contributed by atoms with E-state index in [1.54, 1.807) is 4.90 Å². The second kappa shape index (κ2) is 16.8. The van der Waals surface area contributed by atoms with Gasteiger partial charge in [0, 0.05) is 19.6 Å². The number of aliphatic carboxylic acids is 1. The average Bonchev–Trinajstić information content (AvgIpc) is 3.63. The van der Waals surface area contributed by atoms with E-state index in [9.17, 15) is 29.1 Å². The number of carbonyl (C=O) groups is 5. The van der Waals surface area contributed by atoms with E-state index >= 15 is 0 Å². The molecule has 2 aliphatic rings. The van der Waals surface area contributed by atoms with Crippen LogP contribution in [0.15, 0.2) is 9.98 Å². The zero-order valence-electron chi connectivity index (χ0n) is 23.1. The molecule has 0 spiro atoms. The van der Waals surface area contributed by atoms with Gasteiger partial charge in [0.05, 0.1) is 12.6 Å². The SMILES string of the molecule is NC(N)=NCCC[C@H](NC(=O)CNC(=O)[C@H](CCCN=C(N)N)NC(=O)[C@@H]1CCCN1C(=O)[C@@H]1CCCN1)C(=O)O. The smallest absolute Gasteiger partial charge is 0.326 e. The molecular formula is C24H43N11O6. The highest BCUT2D eigenvalue weighted by Gasteiger charge is 2.39. The third-order valence-corrected chi connectivity index (χ3v) is 6.78. The number of guanidine groups is 2. The van der Waals surface area contributed by atoms with Gasteiger partial charge in [-0.25, -0.2) is 4.79 Å². The van der Waals surface area contributed by atoms with E-state index in [-0.39, 0.29) is 49.8 Å². The number of hydrogen-bond acceptors (Lipinski definition) is 8. The van der Waals surface area contributed by atoms with Gasteiger partial charge in [-0.15, -0.1) is 0 Å². The summed E-state index contributed by atoms with van der Waals surface area (Å²) < 4.78 is 0. The Bertz CT molecular complexity index is 991. The summed E-state index contributed by atoms with van der Waals surface area (Å²) in [5.41, 5.74) is 21.2. The van der Waals surface area contributed by atoms with Crippen LogP contribution < -0.4 is 44.2 Å². The molecule has 0 saturated carbocycles. The maximum atomic E-state index is 13.2. The first-order chi connectivity index (χ1) is 19.5. The van der Waals surface area contributed by atoms with Gasteiger partial charge in [0.25, 0.3) is 0 Å². The van der Waals surface area contributed by atoms with Crippen LogP contribution in [-0.2, 0) is 24.0 Å². The van der Waals surface area contributed by atoms with Crippen LogP contribution in [0.4, 0.5) is 0 Å². The highest BCUT2D eigenvalue weighted by atomic mass is 16.4. The molecule has 0 aromatic carbocycles. The van der Waals surface area contributed by atoms with Crippen LogP contribution in [0.2, 0.25) is 0 Å². The fraction of sp³-hybridized carbons (Fsp3) is 0.708. The molecule has 230 valence electrons. The molecule has 4 atom stereocenters. The Morgan fingerprint density at radius 1 is 0.902 bits per heavy atom. The van der Waals surface area contributed by atoms with Crippen molar-refractivity contribution >= 4 is 41.5 Å². The molecule has 41 heavy (non-hydrogen) atoms. The quantitative estimate of drug-likeness (QED) is 0.0481. The summed E-state index contributed by atoms with van der Waals surface area (Å²) in [7, 11) is 0. The Labute approximate surface area is 238 Å². The lowest BCUT2D eigenvalue weighted by molar-refractivity contribution is -0.142. The maximum Gasteiger partial charge on any atom is 0.326 e. The van der Waals surface area contributed by atoms with Crippen LogP contribution in [0.3, 0.4) is 0 Å². The number of likely N-dealkylation sites (tertiary alicyclic amines) is 1. The van der Waals surface area contributed by atoms with Crippen molar-refractivity contribution in [3.05, 3.63) is 0 Å². The fourth-order valence-corrected chi connectivity index (χ4v) is 4.74. The van der Waals surface area contributed by atoms with E-state index in [2.05, 4.69) is 31.3 Å². The van der Waals surface area contributed by atoms with Crippen LogP contribution in [-0.4, -0.2) is 108 Å². The minimum atomic E-state index is -1.25. The van der Waals surface area contributed by atoms with Crippen LogP contribution in [0.25, 0.3) is 0 Å². The molecule has 0 unspecified atom stereocenters. The topological polar surface area (TPSA) is 286 Å². The second-order valence-electron chi connectivity index (χ2n) is 9.97. The van der Waals surface area contributed by atoms with Crippen LogP contribution in [0.5, 0.6) is 0 Å². The molecule has 2 rings (SSSR count). The Morgan fingerprint density at radius 2 is 1.54 bits per heavy atom. The molecule has 0 bridgehead atoms. The number of carbonyl (C=O) groups excluding carboxylic acids is 4. The lowest BCUT2D eigenvalue weighted by atomic mass is 10.1. The van der Waals surface area contributed by atoms with Gasteiger partial charge >= 0.3 is 5.97 Å². The number of amides is 4. The summed E-state index contributed by atoms with van der Waals surface area (Å²) in [6, 6.07) is -3.27. The zero-order valence-corrected chi connectivity index (χ0v) is 23.1. The number of carboxylic acid groups (broad SMARTS) is 1. The normalized spacial score (nSPS) is 19.5. The van der Waals surface area contributed by atoms with Crippen molar-refractivity contribution < 1.29 is 29.1 Å². The van der Waals surface area contributed by atoms with Gasteiger partial charge in [-0.3, -0.25) is 29.2 Å². The lowest BCUT2D eigenvalue weighted by Crippen LogP contribution is -2.56. The van der Waals surface area contributed by atoms with Gasteiger partial charge in [0.1, 0.15) is 18.1 Å². The van der Waals surface area contributed by atoms with E-state index < -0.39 is 48.4 Å². The van der Waals surface area contributed by atoms with Crippen LogP contribution in [0, 0.1) is 0 Å². The van der Waals surface area contributed by atoms with Gasteiger partial charge in [-0.1, -0.05) is 0 Å². The summed E-state index contributed by atoms with van der Waals surface area (Å²) in [4.78, 5) is 72.3. The van der Waals surface area contributed by atoms with Crippen molar-refractivity contribution in [2.45, 2.75) is 75.5 Å². The number of hydrogen-bond donors (Lipinski definition) is 9. The van der Waals surface area contributed by atoms with E-state index in [0.29, 0.717) is 38.6 Å². The van der Waals surface area contributed by atoms with Gasteiger partial charge in [-0.2, -0.15) is 0 Å². The maximum absolute atomic E-state index is 13.2. The standard InChI is InChI=1S/C24H43N11O6/c25-23(26)30-10-1-5-14(34-20(38)17-8-4-12-35(17)21(39)15-6-2-9-29-15)19(37)32-13-18(36)33-16(22(40)41)7-3-11-31-24(27)28/h14-17,29H,1-13H2,(H,32,37)(H,33,36)(H,34,38)(H,40,41)(H4,25,26,30)(H4,27,28,31)/t14-,15-,16-,17-/m0/s1. The van der Waals surface area contributed by atoms with Gasteiger partial charge in [-0.05, 0) is 57.9 Å². The first-order valence-corrected chi connectivity index (χ1v) is 13.7. The van der Waals surface area contributed by atoms with Gasteiger partial charge < -0.3 is 54.2 Å². The lowest BCUT2D eigenvalue weighted by Gasteiger charge is -2.28. The number of rotatable bonds is 16. The molecule has 13 N–H and O–H groups in total. The minimum Gasteiger partial charge on any atom is -0.480 e. The molecule has 4 amide bonds. The van der Waals surface area contributed by atoms with Crippen molar-refractivity contribution in [1.82, 2.24) is 26.2 Å². The second-order valence-corrected chi connectivity index (χ2v) is 9.97. The number of nitrogens with zero attached hydrogens (tertiary/aromatic N) is 3.